The van der Waals surface area contributed by atoms with E-state index < -0.39 is 0 Å². The number of fused-ring (bicyclic) bond motifs is 1. The molecule has 0 aliphatic carbocycles. The number of methoxy groups -OCH3 is 1. The Bertz CT molecular complexity index is 666. The van der Waals surface area contributed by atoms with Crippen molar-refractivity contribution in [3.05, 3.63) is 30.1 Å². The number of rotatable bonds is 4. The van der Waals surface area contributed by atoms with Gasteiger partial charge >= 0.3 is 0 Å². The fourth-order valence-corrected chi connectivity index (χ4v) is 2.76. The van der Waals surface area contributed by atoms with Crippen molar-refractivity contribution in [1.82, 2.24) is 14.8 Å². The van der Waals surface area contributed by atoms with E-state index in [1.54, 1.807) is 0 Å². The van der Waals surface area contributed by atoms with Gasteiger partial charge < -0.3 is 14.6 Å². The second-order valence-electron chi connectivity index (χ2n) is 5.46. The Kier molecular flexibility index (Phi) is 4.48. The number of nitrogens with one attached hydrogen (secondary N) is 1. The second kappa shape index (κ2) is 6.70. The van der Waals surface area contributed by atoms with Gasteiger partial charge in [-0.2, -0.15) is 0 Å². The molecule has 0 spiro atoms. The summed E-state index contributed by atoms with van der Waals surface area (Å²) in [5.41, 5.74) is 1.71. The number of hydrogen-bond donors (Lipinski definition) is 1. The molecule has 1 aliphatic heterocycles. The van der Waals surface area contributed by atoms with Gasteiger partial charge in [-0.05, 0) is 25.0 Å². The summed E-state index contributed by atoms with van der Waals surface area (Å²) in [5, 5.41) is 11.5. The lowest BCUT2D eigenvalue weighted by atomic mass is 10.2. The van der Waals surface area contributed by atoms with Crippen molar-refractivity contribution in [3.63, 3.8) is 0 Å². The summed E-state index contributed by atoms with van der Waals surface area (Å²) in [5.74, 6) is 1.76. The maximum atomic E-state index is 11.6. The Balaban J connectivity index is 1.86. The van der Waals surface area contributed by atoms with Gasteiger partial charge in [0.25, 0.3) is 0 Å². The molecule has 2 aromatic rings. The van der Waals surface area contributed by atoms with E-state index in [0.29, 0.717) is 0 Å². The Morgan fingerprint density at radius 2 is 2.23 bits per heavy atom. The molecular weight excluding hydrogens is 280 g/mol. The number of amides is 1. The molecule has 1 aliphatic rings. The van der Waals surface area contributed by atoms with Crippen LogP contribution in [-0.2, 0) is 22.5 Å². The number of anilines is 1. The quantitative estimate of drug-likeness (QED) is 0.940. The van der Waals surface area contributed by atoms with Crippen LogP contribution in [0.5, 0.6) is 0 Å². The van der Waals surface area contributed by atoms with Gasteiger partial charge in [0.2, 0.25) is 5.91 Å². The van der Waals surface area contributed by atoms with Crippen LogP contribution in [0.4, 0.5) is 5.69 Å². The minimum absolute atomic E-state index is 0.0462. The number of nitrogens with zero attached hydrogens (tertiary/aromatic N) is 3. The first-order chi connectivity index (χ1) is 10.8. The fraction of sp³-hybridized carbons (Fsp3) is 0.438. The molecule has 116 valence electrons. The number of hydrogen-bond acceptors (Lipinski definition) is 4. The minimum Gasteiger partial charge on any atom is -0.375 e. The lowest BCUT2D eigenvalue weighted by Gasteiger charge is -2.09. The van der Waals surface area contributed by atoms with Crippen LogP contribution in [0.3, 0.4) is 0 Å². The maximum absolute atomic E-state index is 11.6. The van der Waals surface area contributed by atoms with E-state index in [1.807, 2.05) is 24.3 Å². The monoisotopic (exact) mass is 300 g/mol. The van der Waals surface area contributed by atoms with Gasteiger partial charge in [-0.1, -0.05) is 18.6 Å². The molecule has 1 amide bonds. The van der Waals surface area contributed by atoms with Crippen LogP contribution in [0.25, 0.3) is 11.4 Å². The van der Waals surface area contributed by atoms with Crippen LogP contribution in [-0.4, -0.2) is 34.4 Å². The van der Waals surface area contributed by atoms with Gasteiger partial charge in [0.15, 0.2) is 5.82 Å². The highest BCUT2D eigenvalue weighted by Gasteiger charge is 2.16. The van der Waals surface area contributed by atoms with Crippen LogP contribution in [0.2, 0.25) is 0 Å². The molecule has 6 heteroatoms. The summed E-state index contributed by atoms with van der Waals surface area (Å²) in [6.45, 7) is 1.00. The van der Waals surface area contributed by atoms with E-state index in [0.717, 1.165) is 42.3 Å². The van der Waals surface area contributed by atoms with Crippen LogP contribution < -0.4 is 5.32 Å². The highest BCUT2D eigenvalue weighted by atomic mass is 16.5. The van der Waals surface area contributed by atoms with Crippen molar-refractivity contribution in [2.24, 2.45) is 0 Å². The summed E-state index contributed by atoms with van der Waals surface area (Å²) in [6.07, 6.45) is 4.54. The van der Waals surface area contributed by atoms with Crippen molar-refractivity contribution < 1.29 is 9.53 Å². The third-order valence-corrected chi connectivity index (χ3v) is 3.79. The highest BCUT2D eigenvalue weighted by Crippen LogP contribution is 2.24. The summed E-state index contributed by atoms with van der Waals surface area (Å²) >= 11 is 0. The van der Waals surface area contributed by atoms with E-state index >= 15 is 0 Å². The molecule has 1 aromatic carbocycles. The molecule has 0 saturated heterocycles. The van der Waals surface area contributed by atoms with Gasteiger partial charge in [-0.25, -0.2) is 0 Å². The average Bonchev–Trinajstić information content (AvgIpc) is 2.76. The van der Waals surface area contributed by atoms with Crippen LogP contribution in [0.1, 0.15) is 25.1 Å². The van der Waals surface area contributed by atoms with E-state index in [2.05, 4.69) is 20.1 Å². The van der Waals surface area contributed by atoms with Gasteiger partial charge in [0.1, 0.15) is 12.4 Å². The Morgan fingerprint density at radius 3 is 3.09 bits per heavy atom. The number of carbonyl (C=O) groups is 1. The Morgan fingerprint density at radius 1 is 1.32 bits per heavy atom. The number of ether oxygens (including phenoxy) is 1. The molecule has 0 atom stereocenters. The smallest absolute Gasteiger partial charge is 0.250 e. The Labute approximate surface area is 129 Å². The fourth-order valence-electron chi connectivity index (χ4n) is 2.76. The number of aryl methyl sites for hydroxylation is 1. The van der Waals surface area contributed by atoms with Crippen molar-refractivity contribution in [1.29, 1.82) is 0 Å². The molecule has 1 aromatic heterocycles. The molecule has 1 N–H and O–H groups in total. The van der Waals surface area contributed by atoms with Crippen molar-refractivity contribution in [2.75, 3.05) is 19.0 Å². The molecule has 6 nitrogen and oxygen atoms in total. The first-order valence-electron chi connectivity index (χ1n) is 7.59. The van der Waals surface area contributed by atoms with E-state index in [1.165, 1.54) is 20.0 Å². The second-order valence-corrected chi connectivity index (χ2v) is 5.46. The standard InChI is InChI=1S/C16H20N4O2/c1-22-11-15(21)17-13-7-5-6-12(10-13)16-19-18-14-8-3-2-4-9-20(14)16/h5-7,10H,2-4,8-9,11H2,1H3,(H,17,21). The van der Waals surface area contributed by atoms with Crippen LogP contribution in [0.15, 0.2) is 24.3 Å². The van der Waals surface area contributed by atoms with E-state index in [4.69, 9.17) is 4.74 Å². The topological polar surface area (TPSA) is 69.0 Å². The molecule has 0 saturated carbocycles. The SMILES string of the molecule is COCC(=O)Nc1cccc(-c2nnc3n2CCCCC3)c1. The van der Waals surface area contributed by atoms with Crippen molar-refractivity contribution in [2.45, 2.75) is 32.2 Å². The molecule has 0 bridgehead atoms. The third-order valence-electron chi connectivity index (χ3n) is 3.79. The van der Waals surface area contributed by atoms with Crippen LogP contribution >= 0.6 is 0 Å². The predicted octanol–water partition coefficient (Wildman–Crippen LogP) is 2.26. The third kappa shape index (κ3) is 3.17. The van der Waals surface area contributed by atoms with E-state index in [-0.39, 0.29) is 12.5 Å². The average molecular weight is 300 g/mol. The van der Waals surface area contributed by atoms with Gasteiger partial charge in [-0.15, -0.1) is 10.2 Å². The Hall–Kier alpha value is -2.21. The zero-order valence-corrected chi connectivity index (χ0v) is 12.7. The maximum Gasteiger partial charge on any atom is 0.250 e. The van der Waals surface area contributed by atoms with Crippen molar-refractivity contribution >= 4 is 11.6 Å². The van der Waals surface area contributed by atoms with Crippen molar-refractivity contribution in [3.8, 4) is 11.4 Å². The molecular formula is C16H20N4O2. The normalized spacial score (nSPS) is 14.2. The number of benzene rings is 1. The number of carbonyl (C=O) groups excluding carboxylic acids is 1. The van der Waals surface area contributed by atoms with E-state index in [9.17, 15) is 4.79 Å². The highest BCUT2D eigenvalue weighted by molar-refractivity contribution is 5.92. The molecule has 2 heterocycles. The van der Waals surface area contributed by atoms with Gasteiger partial charge in [0.05, 0.1) is 0 Å². The molecule has 22 heavy (non-hydrogen) atoms. The van der Waals surface area contributed by atoms with Crippen LogP contribution in [0, 0.1) is 0 Å². The number of aromatic nitrogens is 3. The molecule has 0 fully saturated rings. The summed E-state index contributed by atoms with van der Waals surface area (Å²) < 4.78 is 7.03. The summed E-state index contributed by atoms with van der Waals surface area (Å²) in [6, 6.07) is 7.69. The first kappa shape index (κ1) is 14.7. The first-order valence-corrected chi connectivity index (χ1v) is 7.59. The lowest BCUT2D eigenvalue weighted by Crippen LogP contribution is -2.17. The molecule has 3 rings (SSSR count). The minimum atomic E-state index is -0.167. The predicted molar refractivity (Wildman–Crippen MR) is 83.5 cm³/mol. The zero-order chi connectivity index (χ0) is 15.4. The van der Waals surface area contributed by atoms with Gasteiger partial charge in [-0.3, -0.25) is 4.79 Å². The summed E-state index contributed by atoms with van der Waals surface area (Å²) in [4.78, 5) is 11.6. The summed E-state index contributed by atoms with van der Waals surface area (Å²) in [7, 11) is 1.50. The lowest BCUT2D eigenvalue weighted by molar-refractivity contribution is -0.119. The van der Waals surface area contributed by atoms with Gasteiger partial charge in [0, 0.05) is 31.3 Å². The molecule has 0 unspecified atom stereocenters. The largest absolute Gasteiger partial charge is 0.375 e. The molecule has 0 radical (unpaired) electrons. The zero-order valence-electron chi connectivity index (χ0n) is 12.7.